The van der Waals surface area contributed by atoms with Crippen molar-refractivity contribution in [1.82, 2.24) is 0 Å². The molecule has 0 aromatic heterocycles. The zero-order valence-electron chi connectivity index (χ0n) is 8.73. The van der Waals surface area contributed by atoms with Crippen molar-refractivity contribution in [2.24, 2.45) is 0 Å². The van der Waals surface area contributed by atoms with Crippen molar-refractivity contribution in [3.63, 3.8) is 0 Å². The Kier molecular flexibility index (Phi) is 7.37. The number of rotatable bonds is 0. The van der Waals surface area contributed by atoms with Crippen LogP contribution in [0.15, 0.2) is 45.3 Å². The molecule has 2 aromatic carbocycles. The predicted molar refractivity (Wildman–Crippen MR) is 88.3 cm³/mol. The van der Waals surface area contributed by atoms with Crippen LogP contribution in [0.5, 0.6) is 0 Å². The summed E-state index contributed by atoms with van der Waals surface area (Å²) in [6.45, 7) is 0. The lowest BCUT2D eigenvalue weighted by Gasteiger charge is -1.94. The van der Waals surface area contributed by atoms with E-state index in [0.717, 1.165) is 8.95 Å². The fourth-order valence-electron chi connectivity index (χ4n) is 0.948. The van der Waals surface area contributed by atoms with E-state index in [1.54, 1.807) is 18.2 Å². The minimum atomic E-state index is 0.569. The lowest BCUT2D eigenvalue weighted by Crippen LogP contribution is -1.68. The van der Waals surface area contributed by atoms with E-state index in [-0.39, 0.29) is 0 Å². The molecule has 0 aliphatic heterocycles. The van der Waals surface area contributed by atoms with Crippen LogP contribution >= 0.6 is 78.3 Å². The molecule has 0 amide bonds. The zero-order valence-corrected chi connectivity index (χ0v) is 14.9. The first-order valence-electron chi connectivity index (χ1n) is 4.62. The summed E-state index contributed by atoms with van der Waals surface area (Å²) in [5, 5.41) is 2.30. The van der Waals surface area contributed by atoms with Crippen LogP contribution < -0.4 is 0 Å². The summed E-state index contributed by atoms with van der Waals surface area (Å²) in [6, 6.07) is 10.8. The Bertz CT molecular complexity index is 523. The van der Waals surface area contributed by atoms with Crippen molar-refractivity contribution in [1.29, 1.82) is 0 Å². The van der Waals surface area contributed by atoms with Crippen LogP contribution in [0.1, 0.15) is 0 Å². The zero-order chi connectivity index (χ0) is 13.7. The van der Waals surface area contributed by atoms with Crippen LogP contribution in [-0.4, -0.2) is 0 Å². The van der Waals surface area contributed by atoms with E-state index in [4.69, 9.17) is 46.4 Å². The maximum absolute atomic E-state index is 5.70. The molecule has 96 valence electrons. The number of hydrogen-bond acceptors (Lipinski definition) is 0. The molecule has 0 atom stereocenters. The first-order valence-corrected chi connectivity index (χ1v) is 7.71. The second-order valence-corrected chi connectivity index (χ2v) is 6.46. The monoisotopic (exact) mass is 448 g/mol. The average Bonchev–Trinajstić information content (AvgIpc) is 2.32. The molecule has 0 saturated heterocycles. The van der Waals surface area contributed by atoms with Gasteiger partial charge < -0.3 is 0 Å². The molecule has 0 nitrogen and oxygen atoms in total. The van der Waals surface area contributed by atoms with Gasteiger partial charge in [-0.1, -0.05) is 68.4 Å². The smallest absolute Gasteiger partial charge is 0.0734 e. The van der Waals surface area contributed by atoms with Crippen LogP contribution in [0.3, 0.4) is 0 Å². The van der Waals surface area contributed by atoms with Crippen LogP contribution in [0, 0.1) is 0 Å². The van der Waals surface area contributed by atoms with Gasteiger partial charge in [0.1, 0.15) is 0 Å². The highest BCUT2D eigenvalue weighted by molar-refractivity contribution is 9.10. The third-order valence-electron chi connectivity index (χ3n) is 1.79. The molecule has 0 bridgehead atoms. The quantitative estimate of drug-likeness (QED) is 0.287. The fourth-order valence-corrected chi connectivity index (χ4v) is 2.52. The largest absolute Gasteiger partial charge is 0.0827 e. The van der Waals surface area contributed by atoms with Crippen LogP contribution in [0.25, 0.3) is 0 Å². The Labute approximate surface area is 142 Å². The van der Waals surface area contributed by atoms with E-state index in [1.807, 2.05) is 18.2 Å². The Morgan fingerprint density at radius 1 is 0.722 bits per heavy atom. The molecule has 0 aliphatic carbocycles. The van der Waals surface area contributed by atoms with Crippen LogP contribution in [0.4, 0.5) is 0 Å². The second kappa shape index (κ2) is 7.98. The van der Waals surface area contributed by atoms with Gasteiger partial charge in [0.15, 0.2) is 0 Å². The van der Waals surface area contributed by atoms with Crippen LogP contribution in [0.2, 0.25) is 20.1 Å². The molecular weight excluding hydrogens is 446 g/mol. The van der Waals surface area contributed by atoms with Crippen molar-refractivity contribution in [3.8, 4) is 0 Å². The molecule has 2 rings (SSSR count). The number of hydrogen-bond donors (Lipinski definition) is 0. The van der Waals surface area contributed by atoms with Crippen molar-refractivity contribution in [3.05, 3.63) is 65.4 Å². The Morgan fingerprint density at radius 2 is 1.39 bits per heavy atom. The topological polar surface area (TPSA) is 0 Å². The molecule has 0 saturated carbocycles. The second-order valence-electron chi connectivity index (χ2n) is 3.09. The van der Waals surface area contributed by atoms with Crippen molar-refractivity contribution >= 4 is 78.3 Å². The summed E-state index contributed by atoms with van der Waals surface area (Å²) < 4.78 is 1.77. The predicted octanol–water partition coefficient (Wildman–Crippen LogP) is 7.51. The fraction of sp³-hybridized carbons (Fsp3) is 0. The van der Waals surface area contributed by atoms with Gasteiger partial charge in [0.2, 0.25) is 0 Å². The van der Waals surface area contributed by atoms with Gasteiger partial charge >= 0.3 is 0 Å². The highest BCUT2D eigenvalue weighted by atomic mass is 79.9. The Balaban J connectivity index is 0.000000180. The molecule has 2 aromatic rings. The minimum absolute atomic E-state index is 0.569. The summed E-state index contributed by atoms with van der Waals surface area (Å²) in [7, 11) is 0. The molecule has 0 radical (unpaired) electrons. The first-order chi connectivity index (χ1) is 8.41. The van der Waals surface area contributed by atoms with Gasteiger partial charge in [-0.3, -0.25) is 0 Å². The molecule has 0 aliphatic rings. The van der Waals surface area contributed by atoms with Gasteiger partial charge in [0.25, 0.3) is 0 Å². The standard InChI is InChI=1S/2C6H3BrCl2/c7-4-1-2-5(8)6(9)3-4;7-4-2-1-3-5(8)6(4)9/h2*1-3H. The van der Waals surface area contributed by atoms with Crippen LogP contribution in [-0.2, 0) is 0 Å². The Hall–Kier alpha value is 0.560. The molecule has 0 heterocycles. The van der Waals surface area contributed by atoms with E-state index in [1.165, 1.54) is 0 Å². The summed E-state index contributed by atoms with van der Waals surface area (Å²) in [5.74, 6) is 0. The summed E-state index contributed by atoms with van der Waals surface area (Å²) >= 11 is 29.1. The number of halogens is 6. The van der Waals surface area contributed by atoms with E-state index in [9.17, 15) is 0 Å². The minimum Gasteiger partial charge on any atom is -0.0827 e. The number of benzene rings is 2. The maximum Gasteiger partial charge on any atom is 0.0734 e. The summed E-state index contributed by atoms with van der Waals surface area (Å²) in [6.07, 6.45) is 0. The SMILES string of the molecule is Clc1ccc(Br)cc1Cl.Clc1cccc(Br)c1Cl. The van der Waals surface area contributed by atoms with Crippen molar-refractivity contribution < 1.29 is 0 Å². The van der Waals surface area contributed by atoms with E-state index >= 15 is 0 Å². The molecule has 18 heavy (non-hydrogen) atoms. The summed E-state index contributed by atoms with van der Waals surface area (Å²) in [4.78, 5) is 0. The molecular formula is C12H6Br2Cl4. The van der Waals surface area contributed by atoms with Gasteiger partial charge in [-0.25, -0.2) is 0 Å². The normalized spacial score (nSPS) is 9.67. The van der Waals surface area contributed by atoms with E-state index in [2.05, 4.69) is 31.9 Å². The third kappa shape index (κ3) is 5.28. The summed E-state index contributed by atoms with van der Waals surface area (Å²) in [5.41, 5.74) is 0. The highest BCUT2D eigenvalue weighted by Crippen LogP contribution is 2.29. The lowest BCUT2D eigenvalue weighted by molar-refractivity contribution is 1.65. The van der Waals surface area contributed by atoms with E-state index < -0.39 is 0 Å². The van der Waals surface area contributed by atoms with Gasteiger partial charge in [-0.15, -0.1) is 0 Å². The molecule has 0 unspecified atom stereocenters. The maximum atomic E-state index is 5.70. The lowest BCUT2D eigenvalue weighted by atomic mass is 10.4. The van der Waals surface area contributed by atoms with Gasteiger partial charge in [0, 0.05) is 8.95 Å². The van der Waals surface area contributed by atoms with Gasteiger partial charge in [-0.05, 0) is 46.3 Å². The molecule has 0 N–H and O–H groups in total. The average molecular weight is 452 g/mol. The molecule has 6 heteroatoms. The third-order valence-corrected chi connectivity index (χ3v) is 4.73. The first kappa shape index (κ1) is 16.6. The Morgan fingerprint density at radius 3 is 1.83 bits per heavy atom. The van der Waals surface area contributed by atoms with Gasteiger partial charge in [0.05, 0.1) is 20.1 Å². The highest BCUT2D eigenvalue weighted by Gasteiger charge is 1.98. The van der Waals surface area contributed by atoms with Crippen molar-refractivity contribution in [2.45, 2.75) is 0 Å². The van der Waals surface area contributed by atoms with E-state index in [0.29, 0.717) is 20.1 Å². The van der Waals surface area contributed by atoms with Crippen molar-refractivity contribution in [2.75, 3.05) is 0 Å². The molecule has 0 fully saturated rings. The van der Waals surface area contributed by atoms with Gasteiger partial charge in [-0.2, -0.15) is 0 Å². The molecule has 0 spiro atoms.